The second-order valence-corrected chi connectivity index (χ2v) is 8.15. The first-order valence-corrected chi connectivity index (χ1v) is 10.4. The molecular formula is C20H21N7O2S. The molecule has 5 rings (SSSR count). The maximum atomic E-state index is 5.57. The third kappa shape index (κ3) is 3.17. The Morgan fingerprint density at radius 3 is 2.77 bits per heavy atom. The Bertz CT molecular complexity index is 1170. The molecule has 10 heteroatoms. The molecule has 0 amide bonds. The monoisotopic (exact) mass is 423 g/mol. The summed E-state index contributed by atoms with van der Waals surface area (Å²) < 4.78 is 14.0. The minimum absolute atomic E-state index is 0.115. The Kier molecular flexibility index (Phi) is 4.80. The predicted molar refractivity (Wildman–Crippen MR) is 113 cm³/mol. The van der Waals surface area contributed by atoms with Crippen LogP contribution in [-0.4, -0.2) is 55.6 Å². The number of thiazole rings is 1. The molecule has 1 aromatic carbocycles. The van der Waals surface area contributed by atoms with E-state index in [1.807, 2.05) is 12.1 Å². The van der Waals surface area contributed by atoms with Crippen LogP contribution in [0.4, 0.5) is 0 Å². The number of methoxy groups -OCH3 is 2. The number of rotatable bonds is 5. The molecular weight excluding hydrogens is 402 g/mol. The highest BCUT2D eigenvalue weighted by atomic mass is 32.1. The lowest BCUT2D eigenvalue weighted by Gasteiger charge is -2.33. The van der Waals surface area contributed by atoms with Crippen molar-refractivity contribution in [3.05, 3.63) is 42.0 Å². The van der Waals surface area contributed by atoms with E-state index in [1.54, 1.807) is 38.0 Å². The van der Waals surface area contributed by atoms with E-state index in [9.17, 15) is 0 Å². The van der Waals surface area contributed by atoms with Crippen LogP contribution in [0, 0.1) is 0 Å². The normalized spacial score (nSPS) is 16.6. The van der Waals surface area contributed by atoms with E-state index >= 15 is 0 Å². The van der Waals surface area contributed by atoms with Crippen LogP contribution in [0.3, 0.4) is 0 Å². The van der Waals surface area contributed by atoms with Gasteiger partial charge in [-0.3, -0.25) is 4.90 Å². The fraction of sp³-hybridized carbons (Fsp3) is 0.350. The van der Waals surface area contributed by atoms with Gasteiger partial charge >= 0.3 is 0 Å². The molecule has 1 aliphatic rings. The van der Waals surface area contributed by atoms with Crippen LogP contribution in [0.1, 0.15) is 24.4 Å². The highest BCUT2D eigenvalue weighted by Crippen LogP contribution is 2.34. The third-order valence-corrected chi connectivity index (χ3v) is 6.47. The van der Waals surface area contributed by atoms with Crippen molar-refractivity contribution in [2.24, 2.45) is 0 Å². The summed E-state index contributed by atoms with van der Waals surface area (Å²) in [6, 6.07) is 6.05. The van der Waals surface area contributed by atoms with Gasteiger partial charge in [0, 0.05) is 31.3 Å². The number of fused-ring (bicyclic) bond motifs is 2. The molecule has 9 nitrogen and oxygen atoms in total. The van der Waals surface area contributed by atoms with Crippen LogP contribution < -0.4 is 9.47 Å². The molecule has 0 saturated heterocycles. The zero-order valence-electron chi connectivity index (χ0n) is 16.9. The van der Waals surface area contributed by atoms with Crippen molar-refractivity contribution in [1.29, 1.82) is 0 Å². The van der Waals surface area contributed by atoms with Gasteiger partial charge in [0.15, 0.2) is 16.7 Å². The molecule has 0 bridgehead atoms. The molecule has 0 saturated carbocycles. The van der Waals surface area contributed by atoms with E-state index in [-0.39, 0.29) is 6.04 Å². The van der Waals surface area contributed by atoms with E-state index in [2.05, 4.69) is 47.8 Å². The maximum Gasteiger partial charge on any atom is 0.193 e. The Hall–Kier alpha value is -3.11. The number of hydrogen-bond acceptors (Lipinski definition) is 9. The summed E-state index contributed by atoms with van der Waals surface area (Å²) in [5.41, 5.74) is 1.95. The molecule has 30 heavy (non-hydrogen) atoms. The van der Waals surface area contributed by atoms with Crippen molar-refractivity contribution in [3.63, 3.8) is 0 Å². The first-order chi connectivity index (χ1) is 14.7. The molecule has 3 aromatic heterocycles. The lowest BCUT2D eigenvalue weighted by Crippen LogP contribution is -2.36. The van der Waals surface area contributed by atoms with Crippen LogP contribution in [0.2, 0.25) is 0 Å². The van der Waals surface area contributed by atoms with Crippen molar-refractivity contribution in [2.75, 3.05) is 20.8 Å². The number of benzene rings is 1. The lowest BCUT2D eigenvalue weighted by atomic mass is 10.1. The van der Waals surface area contributed by atoms with Crippen molar-refractivity contribution in [2.45, 2.75) is 26.1 Å². The molecule has 1 unspecified atom stereocenters. The topological polar surface area (TPSA) is 91.1 Å². The molecule has 0 N–H and O–H groups in total. The summed E-state index contributed by atoms with van der Waals surface area (Å²) >= 11 is 1.56. The van der Waals surface area contributed by atoms with E-state index in [0.717, 1.165) is 63.6 Å². The maximum absolute atomic E-state index is 5.57. The van der Waals surface area contributed by atoms with Crippen molar-refractivity contribution >= 4 is 21.6 Å². The summed E-state index contributed by atoms with van der Waals surface area (Å²) in [5, 5.41) is 17.7. The number of nitrogens with zero attached hydrogens (tertiary/aromatic N) is 7. The van der Waals surface area contributed by atoms with Crippen LogP contribution in [0.5, 0.6) is 11.5 Å². The fourth-order valence-corrected chi connectivity index (χ4v) is 4.70. The minimum atomic E-state index is 0.115. The van der Waals surface area contributed by atoms with Crippen molar-refractivity contribution in [1.82, 2.24) is 34.8 Å². The van der Waals surface area contributed by atoms with Crippen LogP contribution in [0.15, 0.2) is 30.6 Å². The van der Waals surface area contributed by atoms with Gasteiger partial charge in [0.05, 0.1) is 37.4 Å². The van der Waals surface area contributed by atoms with Gasteiger partial charge in [-0.05, 0) is 13.0 Å². The quantitative estimate of drug-likeness (QED) is 0.484. The second-order valence-electron chi connectivity index (χ2n) is 7.12. The third-order valence-electron chi connectivity index (χ3n) is 5.47. The second kappa shape index (κ2) is 7.62. The van der Waals surface area contributed by atoms with Crippen LogP contribution >= 0.6 is 11.3 Å². The molecule has 1 atom stereocenters. The van der Waals surface area contributed by atoms with Crippen molar-refractivity contribution in [3.8, 4) is 22.3 Å². The van der Waals surface area contributed by atoms with Gasteiger partial charge in [0.25, 0.3) is 0 Å². The van der Waals surface area contributed by atoms with E-state index in [4.69, 9.17) is 9.47 Å². The van der Waals surface area contributed by atoms with Gasteiger partial charge in [0.1, 0.15) is 17.0 Å². The average molecular weight is 424 g/mol. The van der Waals surface area contributed by atoms with Crippen LogP contribution in [-0.2, 0) is 13.1 Å². The highest BCUT2D eigenvalue weighted by molar-refractivity contribution is 7.21. The Labute approximate surface area is 177 Å². The molecule has 1 aliphatic heterocycles. The van der Waals surface area contributed by atoms with Gasteiger partial charge in [-0.1, -0.05) is 6.07 Å². The summed E-state index contributed by atoms with van der Waals surface area (Å²) in [6.45, 7) is 4.59. The first kappa shape index (κ1) is 18.9. The lowest BCUT2D eigenvalue weighted by molar-refractivity contribution is 0.155. The molecule has 0 fully saturated rings. The van der Waals surface area contributed by atoms with Gasteiger partial charge in [-0.25, -0.2) is 4.98 Å². The molecule has 4 heterocycles. The minimum Gasteiger partial charge on any atom is -0.497 e. The molecule has 0 spiro atoms. The largest absolute Gasteiger partial charge is 0.497 e. The van der Waals surface area contributed by atoms with Crippen molar-refractivity contribution < 1.29 is 9.47 Å². The summed E-state index contributed by atoms with van der Waals surface area (Å²) in [6.07, 6.45) is 3.41. The molecule has 0 radical (unpaired) electrons. The standard InChI is InChI=1S/C20H21N7O2S/c1-12-18-24-25-19(20-23-15-9-21-22-10-17(15)30-20)27(18)7-6-26(12)11-13-4-5-14(28-2)8-16(13)29-3/h4-5,8-10,12H,6-7,11H2,1-3H3. The number of aromatic nitrogens is 6. The van der Waals surface area contributed by atoms with Crippen LogP contribution in [0.25, 0.3) is 21.0 Å². The fourth-order valence-electron chi connectivity index (χ4n) is 3.80. The summed E-state index contributed by atoms with van der Waals surface area (Å²) in [5.74, 6) is 3.36. The molecule has 154 valence electrons. The molecule has 0 aliphatic carbocycles. The van der Waals surface area contributed by atoms with E-state index < -0.39 is 0 Å². The zero-order valence-corrected chi connectivity index (χ0v) is 17.8. The summed E-state index contributed by atoms with van der Waals surface area (Å²) in [7, 11) is 3.34. The Morgan fingerprint density at radius 1 is 1.10 bits per heavy atom. The molecule has 4 aromatic rings. The van der Waals surface area contributed by atoms with E-state index in [0.29, 0.717) is 0 Å². The number of hydrogen-bond donors (Lipinski definition) is 0. The SMILES string of the molecule is COc1ccc(CN2CCn3c(-c4nc5cnncc5s4)nnc3C2C)c(OC)c1. The van der Waals surface area contributed by atoms with Gasteiger partial charge in [0.2, 0.25) is 0 Å². The smallest absolute Gasteiger partial charge is 0.193 e. The first-order valence-electron chi connectivity index (χ1n) is 9.63. The van der Waals surface area contributed by atoms with Gasteiger partial charge in [-0.15, -0.1) is 21.5 Å². The average Bonchev–Trinajstić information content (AvgIpc) is 3.40. The van der Waals surface area contributed by atoms with Gasteiger partial charge in [-0.2, -0.15) is 10.2 Å². The Balaban J connectivity index is 1.42. The Morgan fingerprint density at radius 2 is 1.97 bits per heavy atom. The number of ether oxygens (including phenoxy) is 2. The zero-order chi connectivity index (χ0) is 20.7. The predicted octanol–water partition coefficient (Wildman–Crippen LogP) is 2.94. The highest BCUT2D eigenvalue weighted by Gasteiger charge is 2.30. The summed E-state index contributed by atoms with van der Waals surface area (Å²) in [4.78, 5) is 7.04. The van der Waals surface area contributed by atoms with Gasteiger partial charge < -0.3 is 14.0 Å². The van der Waals surface area contributed by atoms with E-state index in [1.165, 1.54) is 0 Å².